The van der Waals surface area contributed by atoms with Crippen LogP contribution in [0.25, 0.3) is 16.7 Å². The first-order valence-electron chi connectivity index (χ1n) is 5.84. The molecule has 2 aromatic carbocycles. The molecule has 0 bridgehead atoms. The number of benzene rings is 2. The number of H-pyrrole nitrogens is 1. The molecule has 0 saturated heterocycles. The molecule has 0 radical (unpaired) electrons. The standard InChI is InChI=1S/C14H10ClFN2OS/c1-19-9-3-5-12-13(7-9)18(14(20)17-12)8-2-4-10(15)11(16)6-8/h2-7H,1H3,(H,17,20). The SMILES string of the molecule is COc1ccc2[nH]c(=S)n(-c3ccc(Cl)c(F)c3)c2c1. The lowest BCUT2D eigenvalue weighted by molar-refractivity contribution is 0.415. The van der Waals surface area contributed by atoms with Crippen molar-refractivity contribution < 1.29 is 9.13 Å². The maximum atomic E-state index is 13.6. The monoisotopic (exact) mass is 308 g/mol. The largest absolute Gasteiger partial charge is 0.497 e. The fourth-order valence-corrected chi connectivity index (χ4v) is 2.52. The van der Waals surface area contributed by atoms with E-state index in [2.05, 4.69) is 4.98 Å². The first-order valence-corrected chi connectivity index (χ1v) is 6.63. The summed E-state index contributed by atoms with van der Waals surface area (Å²) in [6, 6.07) is 10.1. The van der Waals surface area contributed by atoms with Gasteiger partial charge >= 0.3 is 0 Å². The van der Waals surface area contributed by atoms with Gasteiger partial charge in [-0.2, -0.15) is 0 Å². The number of nitrogens with one attached hydrogen (secondary N) is 1. The van der Waals surface area contributed by atoms with Gasteiger partial charge in [-0.3, -0.25) is 4.57 Å². The zero-order chi connectivity index (χ0) is 14.3. The molecule has 0 aliphatic carbocycles. The van der Waals surface area contributed by atoms with E-state index in [1.807, 2.05) is 18.2 Å². The second-order valence-corrected chi connectivity index (χ2v) is 5.04. The summed E-state index contributed by atoms with van der Waals surface area (Å²) in [5, 5.41) is 0.0812. The van der Waals surface area contributed by atoms with E-state index < -0.39 is 5.82 Å². The van der Waals surface area contributed by atoms with E-state index in [0.717, 1.165) is 11.0 Å². The molecule has 0 aliphatic heterocycles. The third kappa shape index (κ3) is 2.09. The number of hydrogen-bond acceptors (Lipinski definition) is 2. The van der Waals surface area contributed by atoms with Crippen molar-refractivity contribution in [3.8, 4) is 11.4 Å². The number of ether oxygens (including phenoxy) is 1. The van der Waals surface area contributed by atoms with Crippen molar-refractivity contribution in [2.75, 3.05) is 7.11 Å². The number of rotatable bonds is 2. The van der Waals surface area contributed by atoms with Gasteiger partial charge in [-0.1, -0.05) is 11.6 Å². The summed E-state index contributed by atoms with van der Waals surface area (Å²) in [4.78, 5) is 3.08. The van der Waals surface area contributed by atoms with Gasteiger partial charge in [0.1, 0.15) is 11.6 Å². The fourth-order valence-electron chi connectivity index (χ4n) is 2.09. The Bertz CT molecular complexity index is 856. The summed E-state index contributed by atoms with van der Waals surface area (Å²) in [6.45, 7) is 0. The van der Waals surface area contributed by atoms with Crippen LogP contribution in [0.15, 0.2) is 36.4 Å². The molecule has 3 aromatic rings. The van der Waals surface area contributed by atoms with Crippen molar-refractivity contribution in [1.82, 2.24) is 9.55 Å². The Kier molecular flexibility index (Phi) is 3.23. The van der Waals surface area contributed by atoms with Crippen molar-refractivity contribution in [1.29, 1.82) is 0 Å². The lowest BCUT2D eigenvalue weighted by Gasteiger charge is -2.06. The zero-order valence-corrected chi connectivity index (χ0v) is 12.1. The Balaban J connectivity index is 2.31. The van der Waals surface area contributed by atoms with E-state index in [4.69, 9.17) is 28.6 Å². The minimum absolute atomic E-state index is 0.0812. The van der Waals surface area contributed by atoms with E-state index >= 15 is 0 Å². The normalized spacial score (nSPS) is 10.9. The van der Waals surface area contributed by atoms with Gasteiger partial charge in [0.2, 0.25) is 0 Å². The molecule has 1 aromatic heterocycles. The molecular formula is C14H10ClFN2OS. The van der Waals surface area contributed by atoms with Crippen LogP contribution in [0, 0.1) is 10.6 Å². The third-order valence-corrected chi connectivity index (χ3v) is 3.64. The summed E-state index contributed by atoms with van der Waals surface area (Å²) in [5.74, 6) is 0.220. The molecule has 0 spiro atoms. The number of aromatic amines is 1. The number of imidazole rings is 1. The lowest BCUT2D eigenvalue weighted by Crippen LogP contribution is -1.95. The second kappa shape index (κ2) is 4.92. The van der Waals surface area contributed by atoms with Crippen LogP contribution >= 0.6 is 23.8 Å². The second-order valence-electron chi connectivity index (χ2n) is 4.25. The van der Waals surface area contributed by atoms with Crippen LogP contribution in [-0.2, 0) is 0 Å². The molecule has 102 valence electrons. The van der Waals surface area contributed by atoms with Crippen LogP contribution in [0.1, 0.15) is 0 Å². The highest BCUT2D eigenvalue weighted by atomic mass is 35.5. The Morgan fingerprint density at radius 2 is 2.05 bits per heavy atom. The minimum Gasteiger partial charge on any atom is -0.497 e. The summed E-state index contributed by atoms with van der Waals surface area (Å²) in [5.41, 5.74) is 2.28. The highest BCUT2D eigenvalue weighted by Gasteiger charge is 2.09. The molecule has 0 amide bonds. The van der Waals surface area contributed by atoms with Crippen molar-refractivity contribution >= 4 is 34.9 Å². The Hall–Kier alpha value is -1.85. The molecule has 1 N–H and O–H groups in total. The molecule has 0 unspecified atom stereocenters. The van der Waals surface area contributed by atoms with Crippen molar-refractivity contribution in [2.45, 2.75) is 0 Å². The molecular weight excluding hydrogens is 299 g/mol. The topological polar surface area (TPSA) is 29.9 Å². The van der Waals surface area contributed by atoms with E-state index in [0.29, 0.717) is 16.2 Å². The van der Waals surface area contributed by atoms with Crippen molar-refractivity contribution in [2.24, 2.45) is 0 Å². The van der Waals surface area contributed by atoms with Crippen LogP contribution in [-0.4, -0.2) is 16.7 Å². The number of fused-ring (bicyclic) bond motifs is 1. The molecule has 0 atom stereocenters. The Morgan fingerprint density at radius 1 is 1.25 bits per heavy atom. The van der Waals surface area contributed by atoms with Crippen LogP contribution in [0.5, 0.6) is 5.75 Å². The smallest absolute Gasteiger partial charge is 0.182 e. The molecule has 0 aliphatic rings. The summed E-state index contributed by atoms with van der Waals surface area (Å²) in [6.07, 6.45) is 0. The van der Waals surface area contributed by atoms with Crippen LogP contribution in [0.3, 0.4) is 0 Å². The van der Waals surface area contributed by atoms with Gasteiger partial charge in [-0.25, -0.2) is 4.39 Å². The van der Waals surface area contributed by atoms with E-state index in [1.165, 1.54) is 12.1 Å². The van der Waals surface area contributed by atoms with Crippen molar-refractivity contribution in [3.05, 3.63) is 52.0 Å². The fraction of sp³-hybridized carbons (Fsp3) is 0.0714. The average Bonchev–Trinajstić information content (AvgIpc) is 2.77. The predicted octanol–water partition coefficient (Wildman–Crippen LogP) is 4.49. The molecule has 3 nitrogen and oxygen atoms in total. The van der Waals surface area contributed by atoms with E-state index in [9.17, 15) is 4.39 Å². The number of aromatic nitrogens is 2. The van der Waals surface area contributed by atoms with E-state index in [1.54, 1.807) is 17.7 Å². The molecule has 0 saturated carbocycles. The highest BCUT2D eigenvalue weighted by molar-refractivity contribution is 7.71. The maximum absolute atomic E-state index is 13.6. The summed E-state index contributed by atoms with van der Waals surface area (Å²) in [7, 11) is 1.59. The van der Waals surface area contributed by atoms with Gasteiger partial charge in [-0.15, -0.1) is 0 Å². The van der Waals surface area contributed by atoms with E-state index in [-0.39, 0.29) is 5.02 Å². The average molecular weight is 309 g/mol. The van der Waals surface area contributed by atoms with Gasteiger partial charge < -0.3 is 9.72 Å². The van der Waals surface area contributed by atoms with Gasteiger partial charge in [0, 0.05) is 6.07 Å². The Morgan fingerprint density at radius 3 is 2.75 bits per heavy atom. The first kappa shape index (κ1) is 13.1. The van der Waals surface area contributed by atoms with Crippen LogP contribution < -0.4 is 4.74 Å². The molecule has 1 heterocycles. The number of methoxy groups -OCH3 is 1. The maximum Gasteiger partial charge on any atom is 0.182 e. The lowest BCUT2D eigenvalue weighted by atomic mass is 10.2. The molecule has 3 rings (SSSR count). The van der Waals surface area contributed by atoms with Crippen LogP contribution in [0.4, 0.5) is 4.39 Å². The highest BCUT2D eigenvalue weighted by Crippen LogP contribution is 2.25. The summed E-state index contributed by atoms with van der Waals surface area (Å²) >= 11 is 11.0. The van der Waals surface area contributed by atoms with Gasteiger partial charge in [-0.05, 0) is 42.5 Å². The van der Waals surface area contributed by atoms with Gasteiger partial charge in [0.05, 0.1) is 28.9 Å². The first-order chi connectivity index (χ1) is 9.60. The predicted molar refractivity (Wildman–Crippen MR) is 80.0 cm³/mol. The van der Waals surface area contributed by atoms with Gasteiger partial charge in [0.15, 0.2) is 4.77 Å². The summed E-state index contributed by atoms with van der Waals surface area (Å²) < 4.78 is 21.1. The number of nitrogens with zero attached hydrogens (tertiary/aromatic N) is 1. The molecule has 6 heteroatoms. The molecule has 0 fully saturated rings. The van der Waals surface area contributed by atoms with Crippen LogP contribution in [0.2, 0.25) is 5.02 Å². The Labute approximate surface area is 124 Å². The van der Waals surface area contributed by atoms with Gasteiger partial charge in [0.25, 0.3) is 0 Å². The zero-order valence-electron chi connectivity index (χ0n) is 10.5. The number of halogens is 2. The third-order valence-electron chi connectivity index (χ3n) is 3.05. The minimum atomic E-state index is -0.483. The number of hydrogen-bond donors (Lipinski definition) is 1. The molecule has 20 heavy (non-hydrogen) atoms. The quantitative estimate of drug-likeness (QED) is 0.707. The van der Waals surface area contributed by atoms with Crippen molar-refractivity contribution in [3.63, 3.8) is 0 Å².